The topological polar surface area (TPSA) is 37.3 Å². The monoisotopic (exact) mass is 240 g/mol. The maximum atomic E-state index is 11.3. The van der Waals surface area contributed by atoms with Crippen molar-refractivity contribution in [3.63, 3.8) is 0 Å². The average Bonchev–Trinajstić information content (AvgIpc) is 2.15. The van der Waals surface area contributed by atoms with Crippen LogP contribution in [0.5, 0.6) is 0 Å². The molecule has 0 amide bonds. The molecule has 1 aromatic rings. The molecule has 3 heteroatoms. The van der Waals surface area contributed by atoms with E-state index in [1.54, 1.807) is 24.3 Å². The number of rotatable bonds is 3. The summed E-state index contributed by atoms with van der Waals surface area (Å²) < 4.78 is 0.940. The van der Waals surface area contributed by atoms with E-state index in [1.165, 1.54) is 12.2 Å². The normalized spacial score (nSPS) is 10.6. The summed E-state index contributed by atoms with van der Waals surface area (Å²) in [7, 11) is 0. The molecule has 13 heavy (non-hydrogen) atoms. The van der Waals surface area contributed by atoms with Crippen LogP contribution in [0.1, 0.15) is 10.4 Å². The molecule has 0 saturated heterocycles. The van der Waals surface area contributed by atoms with Gasteiger partial charge in [0, 0.05) is 10.0 Å². The first-order chi connectivity index (χ1) is 6.24. The third kappa shape index (κ3) is 3.13. The van der Waals surface area contributed by atoms with Gasteiger partial charge in [-0.25, -0.2) is 0 Å². The molecule has 1 aromatic carbocycles. The molecule has 1 rings (SSSR count). The smallest absolute Gasteiger partial charge is 0.185 e. The number of carbonyl (C=O) groups excluding carboxylic acids is 1. The van der Waals surface area contributed by atoms with E-state index in [-0.39, 0.29) is 12.4 Å². The first kappa shape index (κ1) is 10.2. The summed E-state index contributed by atoms with van der Waals surface area (Å²) in [5, 5.41) is 8.46. The van der Waals surface area contributed by atoms with E-state index in [0.29, 0.717) is 5.56 Å². The minimum atomic E-state index is -0.109. The van der Waals surface area contributed by atoms with Gasteiger partial charge in [0.25, 0.3) is 0 Å². The first-order valence-electron chi connectivity index (χ1n) is 3.81. The minimum absolute atomic E-state index is 0.0958. The predicted octanol–water partition coefficient (Wildman–Crippen LogP) is 2.18. The molecule has 0 aliphatic heterocycles. The SMILES string of the molecule is O=C(/C=C/CO)c1ccc(Br)cc1. The van der Waals surface area contributed by atoms with Gasteiger partial charge in [0.1, 0.15) is 0 Å². The molecule has 0 bridgehead atoms. The summed E-state index contributed by atoms with van der Waals surface area (Å²) in [5.41, 5.74) is 0.618. The Hall–Kier alpha value is -0.930. The van der Waals surface area contributed by atoms with Crippen LogP contribution < -0.4 is 0 Å². The van der Waals surface area contributed by atoms with Gasteiger partial charge >= 0.3 is 0 Å². The summed E-state index contributed by atoms with van der Waals surface area (Å²) in [6.07, 6.45) is 2.79. The van der Waals surface area contributed by atoms with Crippen LogP contribution in [0.15, 0.2) is 40.9 Å². The van der Waals surface area contributed by atoms with Gasteiger partial charge in [-0.3, -0.25) is 4.79 Å². The fourth-order valence-corrected chi connectivity index (χ4v) is 1.13. The van der Waals surface area contributed by atoms with E-state index in [2.05, 4.69) is 15.9 Å². The van der Waals surface area contributed by atoms with E-state index in [4.69, 9.17) is 5.11 Å². The Labute approximate surface area is 85.0 Å². The first-order valence-corrected chi connectivity index (χ1v) is 4.60. The van der Waals surface area contributed by atoms with E-state index in [9.17, 15) is 4.79 Å². The van der Waals surface area contributed by atoms with Gasteiger partial charge in [-0.2, -0.15) is 0 Å². The molecule has 2 nitrogen and oxygen atoms in total. The number of carbonyl (C=O) groups is 1. The van der Waals surface area contributed by atoms with Crippen molar-refractivity contribution < 1.29 is 9.90 Å². The second-order valence-electron chi connectivity index (χ2n) is 2.46. The Bertz CT molecular complexity index is 314. The standard InChI is InChI=1S/C10H9BrO2/c11-9-5-3-8(4-6-9)10(13)2-1-7-12/h1-6,12H,7H2/b2-1+. The Morgan fingerprint density at radius 1 is 1.38 bits per heavy atom. The Kier molecular flexibility index (Phi) is 3.86. The van der Waals surface area contributed by atoms with Gasteiger partial charge < -0.3 is 5.11 Å². The molecule has 0 unspecified atom stereocenters. The van der Waals surface area contributed by atoms with Crippen molar-refractivity contribution in [3.8, 4) is 0 Å². The maximum Gasteiger partial charge on any atom is 0.185 e. The second kappa shape index (κ2) is 4.94. The highest BCUT2D eigenvalue weighted by Gasteiger charge is 1.99. The van der Waals surface area contributed by atoms with Crippen molar-refractivity contribution in [2.45, 2.75) is 0 Å². The molecule has 0 heterocycles. The summed E-state index contributed by atoms with van der Waals surface area (Å²) in [4.78, 5) is 11.3. The number of ketones is 1. The second-order valence-corrected chi connectivity index (χ2v) is 3.37. The number of allylic oxidation sites excluding steroid dienone is 1. The van der Waals surface area contributed by atoms with Crippen LogP contribution in [0.25, 0.3) is 0 Å². The Balaban J connectivity index is 2.78. The lowest BCUT2D eigenvalue weighted by Gasteiger charge is -1.94. The minimum Gasteiger partial charge on any atom is -0.392 e. The Morgan fingerprint density at radius 3 is 2.54 bits per heavy atom. The molecule has 0 aliphatic rings. The average molecular weight is 241 g/mol. The highest BCUT2D eigenvalue weighted by molar-refractivity contribution is 9.10. The lowest BCUT2D eigenvalue weighted by molar-refractivity contribution is 0.104. The fraction of sp³-hybridized carbons (Fsp3) is 0.100. The van der Waals surface area contributed by atoms with Crippen LogP contribution in [0.3, 0.4) is 0 Å². The molecule has 0 spiro atoms. The zero-order valence-electron chi connectivity index (χ0n) is 6.90. The number of hydrogen-bond donors (Lipinski definition) is 1. The summed E-state index contributed by atoms with van der Waals surface area (Å²) in [6.45, 7) is -0.109. The van der Waals surface area contributed by atoms with Gasteiger partial charge in [0.15, 0.2) is 5.78 Å². The van der Waals surface area contributed by atoms with Gasteiger partial charge in [-0.05, 0) is 30.3 Å². The van der Waals surface area contributed by atoms with Crippen LogP contribution in [0.2, 0.25) is 0 Å². The van der Waals surface area contributed by atoms with E-state index >= 15 is 0 Å². The predicted molar refractivity (Wildman–Crippen MR) is 54.7 cm³/mol. The lowest BCUT2D eigenvalue weighted by Crippen LogP contribution is -1.93. The third-order valence-electron chi connectivity index (χ3n) is 1.50. The van der Waals surface area contributed by atoms with E-state index in [0.717, 1.165) is 4.47 Å². The number of aliphatic hydroxyl groups excluding tert-OH is 1. The third-order valence-corrected chi connectivity index (χ3v) is 2.03. The van der Waals surface area contributed by atoms with Crippen molar-refractivity contribution >= 4 is 21.7 Å². The number of aliphatic hydroxyl groups is 1. The molecule has 0 atom stereocenters. The van der Waals surface area contributed by atoms with Crippen LogP contribution in [-0.4, -0.2) is 17.5 Å². The maximum absolute atomic E-state index is 11.3. The molecule has 68 valence electrons. The number of halogens is 1. The summed E-state index contributed by atoms with van der Waals surface area (Å²) >= 11 is 3.28. The molecular weight excluding hydrogens is 232 g/mol. The highest BCUT2D eigenvalue weighted by atomic mass is 79.9. The fourth-order valence-electron chi connectivity index (χ4n) is 0.870. The largest absolute Gasteiger partial charge is 0.392 e. The lowest BCUT2D eigenvalue weighted by atomic mass is 10.1. The molecule has 0 radical (unpaired) electrons. The quantitative estimate of drug-likeness (QED) is 0.650. The van der Waals surface area contributed by atoms with Crippen molar-refractivity contribution in [2.24, 2.45) is 0 Å². The number of hydrogen-bond acceptors (Lipinski definition) is 2. The summed E-state index contributed by atoms with van der Waals surface area (Å²) in [6, 6.07) is 7.07. The zero-order valence-corrected chi connectivity index (χ0v) is 8.49. The molecule has 0 fully saturated rings. The molecule has 0 aliphatic carbocycles. The zero-order chi connectivity index (χ0) is 9.68. The van der Waals surface area contributed by atoms with Gasteiger partial charge in [0.05, 0.1) is 6.61 Å². The molecule has 1 N–H and O–H groups in total. The number of benzene rings is 1. The van der Waals surface area contributed by atoms with Crippen LogP contribution in [0, 0.1) is 0 Å². The highest BCUT2D eigenvalue weighted by Crippen LogP contribution is 2.11. The molecule has 0 aromatic heterocycles. The van der Waals surface area contributed by atoms with Crippen molar-refractivity contribution in [3.05, 3.63) is 46.5 Å². The van der Waals surface area contributed by atoms with Crippen molar-refractivity contribution in [1.29, 1.82) is 0 Å². The van der Waals surface area contributed by atoms with Crippen LogP contribution in [-0.2, 0) is 0 Å². The molecular formula is C10H9BrO2. The van der Waals surface area contributed by atoms with Crippen molar-refractivity contribution in [2.75, 3.05) is 6.61 Å². The van der Waals surface area contributed by atoms with Gasteiger partial charge in [-0.15, -0.1) is 0 Å². The van der Waals surface area contributed by atoms with Crippen LogP contribution in [0.4, 0.5) is 0 Å². The molecule has 0 saturated carbocycles. The summed E-state index contributed by atoms with van der Waals surface area (Å²) in [5.74, 6) is -0.0958. The van der Waals surface area contributed by atoms with Crippen molar-refractivity contribution in [1.82, 2.24) is 0 Å². The van der Waals surface area contributed by atoms with Gasteiger partial charge in [-0.1, -0.05) is 22.0 Å². The van der Waals surface area contributed by atoms with E-state index in [1.807, 2.05) is 0 Å². The van der Waals surface area contributed by atoms with Crippen LogP contribution >= 0.6 is 15.9 Å². The van der Waals surface area contributed by atoms with E-state index < -0.39 is 0 Å². The van der Waals surface area contributed by atoms with Gasteiger partial charge in [0.2, 0.25) is 0 Å². The Morgan fingerprint density at radius 2 is 2.00 bits per heavy atom.